The molecule has 0 aromatic heterocycles. The molecule has 112 valence electrons. The van der Waals surface area contributed by atoms with Crippen molar-refractivity contribution in [3.63, 3.8) is 0 Å². The van der Waals surface area contributed by atoms with E-state index < -0.39 is 6.10 Å². The third-order valence-electron chi connectivity index (χ3n) is 3.14. The van der Waals surface area contributed by atoms with Crippen molar-refractivity contribution in [2.24, 2.45) is 0 Å². The smallest absolute Gasteiger partial charge is 0.160 e. The lowest BCUT2D eigenvalue weighted by molar-refractivity contribution is 0.174. The number of aliphatic hydroxyl groups is 1. The monoisotopic (exact) mass is 291 g/mol. The zero-order valence-electron chi connectivity index (χ0n) is 11.7. The Balaban J connectivity index is 1.88. The number of nitrogens with one attached hydrogen (secondary N) is 1. The van der Waals surface area contributed by atoms with Crippen molar-refractivity contribution < 1.29 is 19.3 Å². The fourth-order valence-corrected chi connectivity index (χ4v) is 2.03. The van der Waals surface area contributed by atoms with E-state index in [4.69, 9.17) is 4.74 Å². The summed E-state index contributed by atoms with van der Waals surface area (Å²) in [5, 5.41) is 22.7. The molecule has 0 amide bonds. The molecule has 0 aliphatic heterocycles. The minimum absolute atomic E-state index is 0.0717. The van der Waals surface area contributed by atoms with Crippen LogP contribution in [0.15, 0.2) is 42.5 Å². The van der Waals surface area contributed by atoms with Gasteiger partial charge in [0, 0.05) is 13.1 Å². The first-order valence-corrected chi connectivity index (χ1v) is 6.60. The van der Waals surface area contributed by atoms with E-state index in [1.54, 1.807) is 24.3 Å². The van der Waals surface area contributed by atoms with Gasteiger partial charge in [0.05, 0.1) is 13.2 Å². The van der Waals surface area contributed by atoms with Gasteiger partial charge in [-0.25, -0.2) is 4.39 Å². The van der Waals surface area contributed by atoms with Crippen LogP contribution in [0.1, 0.15) is 17.2 Å². The molecule has 2 rings (SSSR count). The molecule has 4 nitrogen and oxygen atoms in total. The van der Waals surface area contributed by atoms with E-state index in [9.17, 15) is 14.6 Å². The van der Waals surface area contributed by atoms with Crippen LogP contribution in [0, 0.1) is 5.82 Å². The first-order valence-electron chi connectivity index (χ1n) is 6.60. The van der Waals surface area contributed by atoms with E-state index >= 15 is 0 Å². The SMILES string of the molecule is COc1ccc(CNCC(O)c2cccc(F)c2)cc1O. The normalized spacial score (nSPS) is 12.1. The number of aliphatic hydroxyl groups excluding tert-OH is 1. The van der Waals surface area contributed by atoms with Crippen LogP contribution in [-0.2, 0) is 6.54 Å². The van der Waals surface area contributed by atoms with Gasteiger partial charge in [0.25, 0.3) is 0 Å². The van der Waals surface area contributed by atoms with Gasteiger partial charge in [0.2, 0.25) is 0 Å². The molecule has 0 saturated heterocycles. The number of rotatable bonds is 6. The number of phenols is 1. The molecule has 0 fully saturated rings. The van der Waals surface area contributed by atoms with Gasteiger partial charge in [-0.2, -0.15) is 0 Å². The van der Waals surface area contributed by atoms with Crippen LogP contribution < -0.4 is 10.1 Å². The quantitative estimate of drug-likeness (QED) is 0.764. The summed E-state index contributed by atoms with van der Waals surface area (Å²) in [4.78, 5) is 0. The zero-order chi connectivity index (χ0) is 15.2. The minimum atomic E-state index is -0.785. The first kappa shape index (κ1) is 15.3. The van der Waals surface area contributed by atoms with Gasteiger partial charge in [0.1, 0.15) is 5.82 Å². The van der Waals surface area contributed by atoms with Crippen LogP contribution in [-0.4, -0.2) is 23.9 Å². The van der Waals surface area contributed by atoms with Crippen LogP contribution >= 0.6 is 0 Å². The zero-order valence-corrected chi connectivity index (χ0v) is 11.7. The Hall–Kier alpha value is -2.11. The largest absolute Gasteiger partial charge is 0.504 e. The number of hydrogen-bond acceptors (Lipinski definition) is 4. The fraction of sp³-hybridized carbons (Fsp3) is 0.250. The van der Waals surface area contributed by atoms with Crippen molar-refractivity contribution in [2.45, 2.75) is 12.6 Å². The van der Waals surface area contributed by atoms with Gasteiger partial charge in [-0.15, -0.1) is 0 Å². The molecule has 0 saturated carbocycles. The van der Waals surface area contributed by atoms with E-state index in [0.717, 1.165) is 5.56 Å². The first-order chi connectivity index (χ1) is 10.1. The molecule has 3 N–H and O–H groups in total. The maximum Gasteiger partial charge on any atom is 0.160 e. The Kier molecular flexibility index (Phi) is 5.14. The number of phenolic OH excluding ortho intramolecular Hbond substituents is 1. The molecule has 0 aliphatic rings. The van der Waals surface area contributed by atoms with E-state index in [-0.39, 0.29) is 18.1 Å². The van der Waals surface area contributed by atoms with Gasteiger partial charge < -0.3 is 20.3 Å². The standard InChI is InChI=1S/C16H18FNO3/c1-21-16-6-5-11(7-14(16)19)9-18-10-15(20)12-3-2-4-13(17)8-12/h2-8,15,18-20H,9-10H2,1H3. The van der Waals surface area contributed by atoms with E-state index in [1.165, 1.54) is 19.2 Å². The second-order valence-electron chi connectivity index (χ2n) is 4.71. The third kappa shape index (κ3) is 4.18. The van der Waals surface area contributed by atoms with Gasteiger partial charge in [-0.05, 0) is 35.4 Å². The maximum absolute atomic E-state index is 13.1. The molecule has 1 atom stereocenters. The predicted molar refractivity (Wildman–Crippen MR) is 77.7 cm³/mol. The van der Waals surface area contributed by atoms with E-state index in [1.807, 2.05) is 6.07 Å². The van der Waals surface area contributed by atoms with Crippen molar-refractivity contribution >= 4 is 0 Å². The molecule has 2 aromatic carbocycles. The number of ether oxygens (including phenoxy) is 1. The number of halogens is 1. The maximum atomic E-state index is 13.1. The number of aromatic hydroxyl groups is 1. The van der Waals surface area contributed by atoms with Crippen LogP contribution in [0.2, 0.25) is 0 Å². The van der Waals surface area contributed by atoms with Crippen LogP contribution in [0.3, 0.4) is 0 Å². The summed E-state index contributed by atoms with van der Waals surface area (Å²) in [7, 11) is 1.49. The number of benzene rings is 2. The van der Waals surface area contributed by atoms with E-state index in [0.29, 0.717) is 17.9 Å². The van der Waals surface area contributed by atoms with Crippen molar-refractivity contribution in [3.8, 4) is 11.5 Å². The molecule has 0 spiro atoms. The van der Waals surface area contributed by atoms with Gasteiger partial charge >= 0.3 is 0 Å². The molecular formula is C16H18FNO3. The van der Waals surface area contributed by atoms with E-state index in [2.05, 4.69) is 5.32 Å². The second-order valence-corrected chi connectivity index (χ2v) is 4.71. The molecule has 21 heavy (non-hydrogen) atoms. The number of methoxy groups -OCH3 is 1. The minimum Gasteiger partial charge on any atom is -0.504 e. The van der Waals surface area contributed by atoms with Crippen LogP contribution in [0.4, 0.5) is 4.39 Å². The van der Waals surface area contributed by atoms with Crippen LogP contribution in [0.25, 0.3) is 0 Å². The van der Waals surface area contributed by atoms with Gasteiger partial charge in [-0.1, -0.05) is 18.2 Å². The van der Waals surface area contributed by atoms with Crippen molar-refractivity contribution in [3.05, 3.63) is 59.4 Å². The lowest BCUT2D eigenvalue weighted by Gasteiger charge is -2.13. The predicted octanol–water partition coefficient (Wildman–Crippen LogP) is 2.36. The Morgan fingerprint density at radius 2 is 2.05 bits per heavy atom. The Labute approximate surface area is 122 Å². The lowest BCUT2D eigenvalue weighted by atomic mass is 10.1. The molecular weight excluding hydrogens is 273 g/mol. The molecule has 0 radical (unpaired) electrons. The summed E-state index contributed by atoms with van der Waals surface area (Å²) in [6.45, 7) is 0.764. The highest BCUT2D eigenvalue weighted by atomic mass is 19.1. The van der Waals surface area contributed by atoms with Crippen molar-refractivity contribution in [1.29, 1.82) is 0 Å². The molecule has 0 heterocycles. The highest BCUT2D eigenvalue weighted by molar-refractivity contribution is 5.41. The van der Waals surface area contributed by atoms with Crippen LogP contribution in [0.5, 0.6) is 11.5 Å². The Morgan fingerprint density at radius 3 is 2.71 bits per heavy atom. The number of hydrogen-bond donors (Lipinski definition) is 3. The van der Waals surface area contributed by atoms with Gasteiger partial charge in [-0.3, -0.25) is 0 Å². The topological polar surface area (TPSA) is 61.7 Å². The fourth-order valence-electron chi connectivity index (χ4n) is 2.03. The lowest BCUT2D eigenvalue weighted by Crippen LogP contribution is -2.21. The summed E-state index contributed by atoms with van der Waals surface area (Å²) in [5.41, 5.74) is 1.39. The Morgan fingerprint density at radius 1 is 1.24 bits per heavy atom. The van der Waals surface area contributed by atoms with Crippen molar-refractivity contribution in [2.75, 3.05) is 13.7 Å². The summed E-state index contributed by atoms with van der Waals surface area (Å²) in [5.74, 6) is 0.118. The average Bonchev–Trinajstić information content (AvgIpc) is 2.47. The molecule has 2 aromatic rings. The highest BCUT2D eigenvalue weighted by Gasteiger charge is 2.08. The molecule has 0 aliphatic carbocycles. The van der Waals surface area contributed by atoms with Crippen molar-refractivity contribution in [1.82, 2.24) is 5.32 Å². The summed E-state index contributed by atoms with van der Waals surface area (Å²) < 4.78 is 18.0. The van der Waals surface area contributed by atoms with Gasteiger partial charge in [0.15, 0.2) is 11.5 Å². The molecule has 5 heteroatoms. The third-order valence-corrected chi connectivity index (χ3v) is 3.14. The second kappa shape index (κ2) is 7.06. The Bertz CT molecular complexity index is 604. The summed E-state index contributed by atoms with van der Waals surface area (Å²) in [6.07, 6.45) is -0.785. The summed E-state index contributed by atoms with van der Waals surface area (Å²) >= 11 is 0. The highest BCUT2D eigenvalue weighted by Crippen LogP contribution is 2.26. The average molecular weight is 291 g/mol. The molecule has 0 bridgehead atoms. The molecule has 1 unspecified atom stereocenters. The summed E-state index contributed by atoms with van der Waals surface area (Å²) in [6, 6.07) is 11.0.